The Morgan fingerprint density at radius 2 is 2.17 bits per heavy atom. The third-order valence-corrected chi connectivity index (χ3v) is 4.43. The average molecular weight is 329 g/mol. The van der Waals surface area contributed by atoms with Gasteiger partial charge in [-0.1, -0.05) is 0 Å². The lowest BCUT2D eigenvalue weighted by molar-refractivity contribution is 0.0355. The van der Waals surface area contributed by atoms with Crippen LogP contribution < -0.4 is 5.32 Å². The molecule has 7 nitrogen and oxygen atoms in total. The second-order valence-electron chi connectivity index (χ2n) is 6.27. The van der Waals surface area contributed by atoms with Crippen LogP contribution in [0.5, 0.6) is 0 Å². The quantitative estimate of drug-likeness (QED) is 0.912. The van der Waals surface area contributed by atoms with Crippen molar-refractivity contribution in [1.82, 2.24) is 14.8 Å². The fourth-order valence-electron chi connectivity index (χ4n) is 3.18. The Bertz CT molecular complexity index is 592. The fraction of sp³-hybridized carbons (Fsp3) is 0.588. The Morgan fingerprint density at radius 3 is 2.88 bits per heavy atom. The number of nitrogens with zero attached hydrogens (tertiary/aromatic N) is 4. The molecule has 1 aromatic heterocycles. The Morgan fingerprint density at radius 1 is 1.33 bits per heavy atom. The van der Waals surface area contributed by atoms with Crippen molar-refractivity contribution in [2.45, 2.75) is 25.4 Å². The Labute approximate surface area is 142 Å². The van der Waals surface area contributed by atoms with Gasteiger partial charge in [-0.15, -0.1) is 0 Å². The second-order valence-corrected chi connectivity index (χ2v) is 6.27. The molecule has 2 fully saturated rings. The van der Waals surface area contributed by atoms with Crippen molar-refractivity contribution in [3.63, 3.8) is 0 Å². The number of carbonyl (C=O) groups is 1. The summed E-state index contributed by atoms with van der Waals surface area (Å²) >= 11 is 0. The third-order valence-electron chi connectivity index (χ3n) is 4.43. The number of aromatic nitrogens is 1. The first-order valence-electron chi connectivity index (χ1n) is 8.50. The number of ether oxygens (including phenoxy) is 1. The number of nitriles is 1. The molecular formula is C17H23N5O2. The molecule has 1 atom stereocenters. The summed E-state index contributed by atoms with van der Waals surface area (Å²) < 4.78 is 5.91. The largest absolute Gasteiger partial charge is 0.375 e. The predicted molar refractivity (Wildman–Crippen MR) is 89.6 cm³/mol. The van der Waals surface area contributed by atoms with Crippen molar-refractivity contribution in [3.05, 3.63) is 24.0 Å². The highest BCUT2D eigenvalue weighted by Crippen LogP contribution is 2.14. The van der Waals surface area contributed by atoms with Crippen LogP contribution in [0.2, 0.25) is 0 Å². The summed E-state index contributed by atoms with van der Waals surface area (Å²) in [5, 5.41) is 11.6. The summed E-state index contributed by atoms with van der Waals surface area (Å²) in [6.07, 6.45) is 4.92. The molecule has 0 bridgehead atoms. The minimum absolute atomic E-state index is 0.0652. The van der Waals surface area contributed by atoms with Gasteiger partial charge in [0.1, 0.15) is 11.8 Å². The second kappa shape index (κ2) is 8.08. The first-order chi connectivity index (χ1) is 11.7. The van der Waals surface area contributed by atoms with Crippen molar-refractivity contribution < 1.29 is 9.53 Å². The molecule has 0 spiro atoms. The number of amides is 2. The van der Waals surface area contributed by atoms with Gasteiger partial charge in [0.15, 0.2) is 0 Å². The summed E-state index contributed by atoms with van der Waals surface area (Å²) in [4.78, 5) is 20.7. The highest BCUT2D eigenvalue weighted by Gasteiger charge is 2.25. The van der Waals surface area contributed by atoms with Gasteiger partial charge in [-0.3, -0.25) is 0 Å². The molecule has 1 N–H and O–H groups in total. The van der Waals surface area contributed by atoms with Gasteiger partial charge in [-0.05, 0) is 44.5 Å². The van der Waals surface area contributed by atoms with Crippen LogP contribution in [-0.4, -0.2) is 66.2 Å². The number of urea groups is 1. The standard InChI is InChI=1S/C17H23N5O2/c18-10-14-4-5-15(11-19-14)20-17(23)22-8-3-9-24-16(13-22)12-21-6-1-2-7-21/h4-5,11,16H,1-3,6-9,12-13H2,(H,20,23). The maximum atomic E-state index is 12.5. The molecule has 0 aromatic carbocycles. The summed E-state index contributed by atoms with van der Waals surface area (Å²) in [5.74, 6) is 0. The SMILES string of the molecule is N#Cc1ccc(NC(=O)N2CCCOC(CN3CCCC3)C2)cn1. The number of rotatable bonds is 3. The van der Waals surface area contributed by atoms with E-state index in [1.165, 1.54) is 19.0 Å². The number of anilines is 1. The lowest BCUT2D eigenvalue weighted by Crippen LogP contribution is -2.43. The smallest absolute Gasteiger partial charge is 0.321 e. The molecular weight excluding hydrogens is 306 g/mol. The van der Waals surface area contributed by atoms with Crippen LogP contribution in [-0.2, 0) is 4.74 Å². The van der Waals surface area contributed by atoms with E-state index < -0.39 is 0 Å². The van der Waals surface area contributed by atoms with Crippen molar-refractivity contribution in [1.29, 1.82) is 5.26 Å². The molecule has 7 heteroatoms. The summed E-state index contributed by atoms with van der Waals surface area (Å²) in [6, 6.07) is 5.11. The van der Waals surface area contributed by atoms with Gasteiger partial charge in [-0.2, -0.15) is 5.26 Å². The van der Waals surface area contributed by atoms with Crippen molar-refractivity contribution in [2.24, 2.45) is 0 Å². The number of carbonyl (C=O) groups excluding carboxylic acids is 1. The normalized spacial score (nSPS) is 22.0. The van der Waals surface area contributed by atoms with Gasteiger partial charge in [0, 0.05) is 26.2 Å². The van der Waals surface area contributed by atoms with E-state index in [-0.39, 0.29) is 12.1 Å². The molecule has 3 heterocycles. The molecule has 0 saturated carbocycles. The highest BCUT2D eigenvalue weighted by molar-refractivity contribution is 5.89. The molecule has 2 aliphatic rings. The predicted octanol–water partition coefficient (Wildman–Crippen LogP) is 1.67. The zero-order valence-corrected chi connectivity index (χ0v) is 13.8. The Kier molecular flexibility index (Phi) is 5.62. The van der Waals surface area contributed by atoms with Crippen molar-refractivity contribution in [3.8, 4) is 6.07 Å². The maximum absolute atomic E-state index is 12.5. The lowest BCUT2D eigenvalue weighted by Gasteiger charge is -2.27. The summed E-state index contributed by atoms with van der Waals surface area (Å²) in [6.45, 7) is 5.13. The molecule has 24 heavy (non-hydrogen) atoms. The molecule has 1 unspecified atom stereocenters. The van der Waals surface area contributed by atoms with Gasteiger partial charge in [-0.25, -0.2) is 9.78 Å². The number of hydrogen-bond donors (Lipinski definition) is 1. The van der Waals surface area contributed by atoms with E-state index >= 15 is 0 Å². The van der Waals surface area contributed by atoms with Crippen LogP contribution in [0.3, 0.4) is 0 Å². The van der Waals surface area contributed by atoms with Crippen LogP contribution >= 0.6 is 0 Å². The monoisotopic (exact) mass is 329 g/mol. The van der Waals surface area contributed by atoms with Crippen LogP contribution in [0, 0.1) is 11.3 Å². The maximum Gasteiger partial charge on any atom is 0.321 e. The molecule has 128 valence electrons. The molecule has 1 aromatic rings. The van der Waals surface area contributed by atoms with Gasteiger partial charge in [0.2, 0.25) is 0 Å². The van der Waals surface area contributed by atoms with Gasteiger partial charge < -0.3 is 19.9 Å². The first kappa shape index (κ1) is 16.7. The van der Waals surface area contributed by atoms with Crippen LogP contribution in [0.15, 0.2) is 18.3 Å². The molecule has 2 aliphatic heterocycles. The third kappa shape index (κ3) is 4.43. The molecule has 3 rings (SSSR count). The van der Waals surface area contributed by atoms with E-state index in [0.29, 0.717) is 31.1 Å². The van der Waals surface area contributed by atoms with Crippen LogP contribution in [0.1, 0.15) is 25.0 Å². The summed E-state index contributed by atoms with van der Waals surface area (Å²) in [5.41, 5.74) is 0.933. The summed E-state index contributed by atoms with van der Waals surface area (Å²) in [7, 11) is 0. The van der Waals surface area contributed by atoms with Gasteiger partial charge in [0.05, 0.1) is 18.0 Å². The fourth-order valence-corrected chi connectivity index (χ4v) is 3.18. The minimum Gasteiger partial charge on any atom is -0.375 e. The Hall–Kier alpha value is -2.17. The number of nitrogens with one attached hydrogen (secondary N) is 1. The lowest BCUT2D eigenvalue weighted by atomic mass is 10.3. The molecule has 2 saturated heterocycles. The van der Waals surface area contributed by atoms with E-state index in [0.717, 1.165) is 26.1 Å². The van der Waals surface area contributed by atoms with Crippen molar-refractivity contribution in [2.75, 3.05) is 44.6 Å². The van der Waals surface area contributed by atoms with Crippen LogP contribution in [0.4, 0.5) is 10.5 Å². The zero-order chi connectivity index (χ0) is 16.8. The zero-order valence-electron chi connectivity index (χ0n) is 13.8. The van der Waals surface area contributed by atoms with Gasteiger partial charge in [0.25, 0.3) is 0 Å². The Balaban J connectivity index is 1.56. The minimum atomic E-state index is -0.140. The van der Waals surface area contributed by atoms with Crippen molar-refractivity contribution >= 4 is 11.7 Å². The molecule has 0 radical (unpaired) electrons. The topological polar surface area (TPSA) is 81.5 Å². The average Bonchev–Trinajstić information content (AvgIpc) is 2.99. The molecule has 0 aliphatic carbocycles. The van der Waals surface area contributed by atoms with E-state index in [1.54, 1.807) is 12.1 Å². The number of pyridine rings is 1. The first-order valence-corrected chi connectivity index (χ1v) is 8.50. The van der Waals surface area contributed by atoms with E-state index in [4.69, 9.17) is 10.00 Å². The van der Waals surface area contributed by atoms with E-state index in [2.05, 4.69) is 15.2 Å². The van der Waals surface area contributed by atoms with Crippen LogP contribution in [0.25, 0.3) is 0 Å². The molecule has 2 amide bonds. The highest BCUT2D eigenvalue weighted by atomic mass is 16.5. The van der Waals surface area contributed by atoms with Gasteiger partial charge >= 0.3 is 6.03 Å². The van der Waals surface area contributed by atoms with E-state index in [9.17, 15) is 4.79 Å². The van der Waals surface area contributed by atoms with E-state index in [1.807, 2.05) is 11.0 Å². The number of hydrogen-bond acceptors (Lipinski definition) is 5. The number of likely N-dealkylation sites (tertiary alicyclic amines) is 1.